The summed E-state index contributed by atoms with van der Waals surface area (Å²) in [5, 5.41) is 12.3. The van der Waals surface area contributed by atoms with E-state index >= 15 is 0 Å². The molecule has 0 atom stereocenters. The molecule has 5 heteroatoms. The number of carbonyl (C=O) groups is 1. The van der Waals surface area contributed by atoms with Gasteiger partial charge in [0.1, 0.15) is 17.4 Å². The number of nitrogens with zero attached hydrogens (tertiary/aromatic N) is 2. The Hall–Kier alpha value is -3.52. The summed E-state index contributed by atoms with van der Waals surface area (Å²) in [6, 6.07) is 15.1. The number of carbonyl (C=O) groups excluding carboxylic acids is 1. The molecule has 5 nitrogen and oxygen atoms in total. The first kappa shape index (κ1) is 21.2. The molecular formula is C25H27N3O2. The lowest BCUT2D eigenvalue weighted by molar-refractivity contribution is -0.112. The summed E-state index contributed by atoms with van der Waals surface area (Å²) >= 11 is 0. The van der Waals surface area contributed by atoms with Crippen molar-refractivity contribution in [2.24, 2.45) is 0 Å². The fraction of sp³-hybridized carbons (Fsp3) is 0.280. The highest BCUT2D eigenvalue weighted by molar-refractivity contribution is 6.09. The number of likely N-dealkylation sites (N-methyl/N-ethyl adjacent to an activating group) is 1. The molecule has 0 aromatic heterocycles. The van der Waals surface area contributed by atoms with Gasteiger partial charge in [-0.3, -0.25) is 4.79 Å². The molecule has 2 aromatic carbocycles. The monoisotopic (exact) mass is 401 g/mol. The molecule has 0 saturated heterocycles. The fourth-order valence-electron chi connectivity index (χ4n) is 3.58. The molecule has 2 aromatic rings. The first-order valence-electron chi connectivity index (χ1n) is 9.99. The lowest BCUT2D eigenvalue weighted by Crippen LogP contribution is -2.42. The number of nitrogens with one attached hydrogen (secondary N) is 1. The van der Waals surface area contributed by atoms with Gasteiger partial charge in [-0.2, -0.15) is 5.26 Å². The third-order valence-electron chi connectivity index (χ3n) is 5.34. The number of rotatable bonds is 5. The van der Waals surface area contributed by atoms with Crippen LogP contribution < -0.4 is 15.0 Å². The van der Waals surface area contributed by atoms with Gasteiger partial charge in [0.05, 0.1) is 12.1 Å². The summed E-state index contributed by atoms with van der Waals surface area (Å²) in [6.45, 7) is 8.93. The number of nitriles is 1. The quantitative estimate of drug-likeness (QED) is 0.548. The third kappa shape index (κ3) is 4.38. The second-order valence-electron chi connectivity index (χ2n) is 7.90. The Bertz CT molecular complexity index is 1060. The van der Waals surface area contributed by atoms with Crippen LogP contribution in [0.2, 0.25) is 0 Å². The Balaban J connectivity index is 1.83. The first-order chi connectivity index (χ1) is 14.2. The van der Waals surface area contributed by atoms with Gasteiger partial charge in [0, 0.05) is 24.0 Å². The van der Waals surface area contributed by atoms with Crippen LogP contribution in [0.1, 0.15) is 38.8 Å². The molecule has 1 amide bonds. The number of benzene rings is 2. The van der Waals surface area contributed by atoms with Gasteiger partial charge >= 0.3 is 0 Å². The second-order valence-corrected chi connectivity index (χ2v) is 7.90. The lowest BCUT2D eigenvalue weighted by atomic mass is 9.88. The Labute approximate surface area is 178 Å². The zero-order valence-corrected chi connectivity index (χ0v) is 18.1. The SMILES string of the molecule is CCOc1ccc(NC(=O)/C(C#N)=C/c2ccc3c(c2)C(C)=CC(C)(C)N3C)cc1. The van der Waals surface area contributed by atoms with Crippen LogP contribution in [0.5, 0.6) is 5.75 Å². The summed E-state index contributed by atoms with van der Waals surface area (Å²) < 4.78 is 5.40. The number of fused-ring (bicyclic) bond motifs is 1. The van der Waals surface area contributed by atoms with Crippen LogP contribution in [-0.4, -0.2) is 25.1 Å². The van der Waals surface area contributed by atoms with E-state index in [1.54, 1.807) is 30.3 Å². The summed E-state index contributed by atoms with van der Waals surface area (Å²) in [6.07, 6.45) is 3.85. The summed E-state index contributed by atoms with van der Waals surface area (Å²) in [5.41, 5.74) is 4.83. The van der Waals surface area contributed by atoms with Crippen molar-refractivity contribution in [3.63, 3.8) is 0 Å². The molecule has 1 aliphatic rings. The third-order valence-corrected chi connectivity index (χ3v) is 5.34. The Morgan fingerprint density at radius 3 is 2.57 bits per heavy atom. The lowest BCUT2D eigenvalue weighted by Gasteiger charge is -2.40. The van der Waals surface area contributed by atoms with E-state index in [9.17, 15) is 10.1 Å². The molecule has 1 heterocycles. The van der Waals surface area contributed by atoms with E-state index in [0.717, 1.165) is 22.6 Å². The average molecular weight is 402 g/mol. The molecule has 0 bridgehead atoms. The predicted molar refractivity (Wildman–Crippen MR) is 122 cm³/mol. The van der Waals surface area contributed by atoms with Gasteiger partial charge in [-0.05, 0) is 81.3 Å². The zero-order valence-electron chi connectivity index (χ0n) is 18.1. The van der Waals surface area contributed by atoms with E-state index in [1.807, 2.05) is 31.2 Å². The Morgan fingerprint density at radius 2 is 1.93 bits per heavy atom. The van der Waals surface area contributed by atoms with Crippen molar-refractivity contribution in [3.05, 3.63) is 65.2 Å². The number of allylic oxidation sites excluding steroid dienone is 1. The van der Waals surface area contributed by atoms with Crippen LogP contribution in [0.25, 0.3) is 11.6 Å². The maximum Gasteiger partial charge on any atom is 0.266 e. The maximum absolute atomic E-state index is 12.6. The van der Waals surface area contributed by atoms with Crippen molar-refractivity contribution < 1.29 is 9.53 Å². The van der Waals surface area contributed by atoms with E-state index < -0.39 is 5.91 Å². The highest BCUT2D eigenvalue weighted by atomic mass is 16.5. The molecule has 0 unspecified atom stereocenters. The molecule has 0 radical (unpaired) electrons. The standard InChI is InChI=1S/C25H27N3O2/c1-6-30-21-10-8-20(9-11-21)27-24(29)19(16-26)13-18-7-12-23-22(14-18)17(2)15-25(3,4)28(23)5/h7-15H,6H2,1-5H3,(H,27,29)/b19-13+. The topological polar surface area (TPSA) is 65.4 Å². The summed E-state index contributed by atoms with van der Waals surface area (Å²) in [4.78, 5) is 14.8. The molecular weight excluding hydrogens is 374 g/mol. The zero-order chi connectivity index (χ0) is 21.9. The first-order valence-corrected chi connectivity index (χ1v) is 9.99. The Morgan fingerprint density at radius 1 is 1.23 bits per heavy atom. The van der Waals surface area contributed by atoms with E-state index in [1.165, 1.54) is 5.57 Å². The van der Waals surface area contributed by atoms with Gasteiger partial charge in [0.15, 0.2) is 0 Å². The highest BCUT2D eigenvalue weighted by Crippen LogP contribution is 2.38. The smallest absolute Gasteiger partial charge is 0.266 e. The number of anilines is 2. The van der Waals surface area contributed by atoms with Crippen LogP contribution in [0, 0.1) is 11.3 Å². The molecule has 154 valence electrons. The van der Waals surface area contributed by atoms with Crippen molar-refractivity contribution in [2.45, 2.75) is 33.2 Å². The normalized spacial score (nSPS) is 15.0. The van der Waals surface area contributed by atoms with E-state index in [-0.39, 0.29) is 11.1 Å². The number of amides is 1. The molecule has 1 aliphatic heterocycles. The van der Waals surface area contributed by atoms with Crippen molar-refractivity contribution in [1.82, 2.24) is 0 Å². The second kappa shape index (κ2) is 8.46. The van der Waals surface area contributed by atoms with Gasteiger partial charge in [0.2, 0.25) is 0 Å². The molecule has 0 fully saturated rings. The maximum atomic E-state index is 12.6. The van der Waals surface area contributed by atoms with Crippen LogP contribution in [0.15, 0.2) is 54.1 Å². The summed E-state index contributed by atoms with van der Waals surface area (Å²) in [5.74, 6) is 0.294. The van der Waals surface area contributed by atoms with Gasteiger partial charge < -0.3 is 15.0 Å². The van der Waals surface area contributed by atoms with Crippen LogP contribution in [-0.2, 0) is 4.79 Å². The predicted octanol–water partition coefficient (Wildman–Crippen LogP) is 5.26. The van der Waals surface area contributed by atoms with Crippen molar-refractivity contribution in [3.8, 4) is 11.8 Å². The van der Waals surface area contributed by atoms with E-state index in [0.29, 0.717) is 12.3 Å². The minimum Gasteiger partial charge on any atom is -0.494 e. The Kier molecular flexibility index (Phi) is 5.98. The van der Waals surface area contributed by atoms with Crippen LogP contribution >= 0.6 is 0 Å². The largest absolute Gasteiger partial charge is 0.494 e. The van der Waals surface area contributed by atoms with Crippen molar-refractivity contribution in [2.75, 3.05) is 23.9 Å². The minimum atomic E-state index is -0.440. The molecule has 30 heavy (non-hydrogen) atoms. The molecule has 0 saturated carbocycles. The average Bonchev–Trinajstić information content (AvgIpc) is 2.71. The molecule has 0 aliphatic carbocycles. The van der Waals surface area contributed by atoms with Gasteiger partial charge in [-0.15, -0.1) is 0 Å². The molecule has 0 spiro atoms. The van der Waals surface area contributed by atoms with Crippen molar-refractivity contribution in [1.29, 1.82) is 5.26 Å². The van der Waals surface area contributed by atoms with Gasteiger partial charge in [-0.25, -0.2) is 0 Å². The summed E-state index contributed by atoms with van der Waals surface area (Å²) in [7, 11) is 2.07. The van der Waals surface area contributed by atoms with Gasteiger partial charge in [-0.1, -0.05) is 12.1 Å². The van der Waals surface area contributed by atoms with Crippen molar-refractivity contribution >= 4 is 28.9 Å². The van der Waals surface area contributed by atoms with Gasteiger partial charge in [0.25, 0.3) is 5.91 Å². The number of hydrogen-bond donors (Lipinski definition) is 1. The minimum absolute atomic E-state index is 0.0509. The number of hydrogen-bond acceptors (Lipinski definition) is 4. The van der Waals surface area contributed by atoms with E-state index in [4.69, 9.17) is 4.74 Å². The number of ether oxygens (including phenoxy) is 1. The fourth-order valence-corrected chi connectivity index (χ4v) is 3.58. The van der Waals surface area contributed by atoms with Crippen LogP contribution in [0.3, 0.4) is 0 Å². The van der Waals surface area contributed by atoms with E-state index in [2.05, 4.69) is 44.1 Å². The molecule has 1 N–H and O–H groups in total. The highest BCUT2D eigenvalue weighted by Gasteiger charge is 2.28. The van der Waals surface area contributed by atoms with Crippen LogP contribution in [0.4, 0.5) is 11.4 Å². The molecule has 3 rings (SSSR count).